The Hall–Kier alpha value is -0.860. The lowest BCUT2D eigenvalue weighted by molar-refractivity contribution is 0.166. The second-order valence-corrected chi connectivity index (χ2v) is 6.89. The van der Waals surface area contributed by atoms with Crippen LogP contribution in [-0.4, -0.2) is 30.1 Å². The van der Waals surface area contributed by atoms with Crippen LogP contribution in [0, 0.1) is 0 Å². The fourth-order valence-corrected chi connectivity index (χ4v) is 4.41. The highest BCUT2D eigenvalue weighted by molar-refractivity contribution is 5.35. The van der Waals surface area contributed by atoms with Crippen LogP contribution < -0.4 is 5.32 Å². The first-order valence-corrected chi connectivity index (χ1v) is 8.46. The molecule has 0 spiro atoms. The third-order valence-electron chi connectivity index (χ3n) is 5.58. The molecule has 0 radical (unpaired) electrons. The third kappa shape index (κ3) is 2.51. The highest BCUT2D eigenvalue weighted by atomic mass is 15.2. The maximum atomic E-state index is 3.82. The topological polar surface area (TPSA) is 15.3 Å². The van der Waals surface area contributed by atoms with Gasteiger partial charge < -0.3 is 10.2 Å². The van der Waals surface area contributed by atoms with E-state index in [1.807, 2.05) is 0 Å². The van der Waals surface area contributed by atoms with E-state index in [1.54, 1.807) is 11.1 Å². The number of aryl methyl sites for hydroxylation is 2. The Kier molecular flexibility index (Phi) is 3.53. The molecule has 108 valence electrons. The molecule has 2 unspecified atom stereocenters. The molecule has 2 heterocycles. The molecule has 2 nitrogen and oxygen atoms in total. The largest absolute Gasteiger partial charge is 0.310 e. The minimum atomic E-state index is 0.739. The molecular weight excluding hydrogens is 244 g/mol. The molecule has 1 aliphatic carbocycles. The van der Waals surface area contributed by atoms with Crippen LogP contribution in [0.25, 0.3) is 0 Å². The van der Waals surface area contributed by atoms with Crippen molar-refractivity contribution in [3.63, 3.8) is 0 Å². The van der Waals surface area contributed by atoms with E-state index < -0.39 is 0 Å². The molecule has 1 aromatic rings. The zero-order valence-corrected chi connectivity index (χ0v) is 12.4. The van der Waals surface area contributed by atoms with Crippen LogP contribution in [0.3, 0.4) is 0 Å². The van der Waals surface area contributed by atoms with Gasteiger partial charge in [-0.25, -0.2) is 0 Å². The number of fused-ring (bicyclic) bond motifs is 2. The summed E-state index contributed by atoms with van der Waals surface area (Å²) in [6.45, 7) is 3.72. The molecule has 2 aliphatic heterocycles. The van der Waals surface area contributed by atoms with E-state index in [-0.39, 0.29) is 0 Å². The van der Waals surface area contributed by atoms with Gasteiger partial charge in [-0.1, -0.05) is 18.2 Å². The molecule has 0 saturated carbocycles. The quantitative estimate of drug-likeness (QED) is 0.908. The van der Waals surface area contributed by atoms with E-state index in [0.717, 1.165) is 18.6 Å². The van der Waals surface area contributed by atoms with Crippen molar-refractivity contribution < 1.29 is 0 Å². The maximum absolute atomic E-state index is 3.82. The lowest BCUT2D eigenvalue weighted by Gasteiger charge is -2.35. The molecule has 2 saturated heterocycles. The van der Waals surface area contributed by atoms with Crippen molar-refractivity contribution in [3.05, 3.63) is 34.9 Å². The summed E-state index contributed by atoms with van der Waals surface area (Å²) in [7, 11) is 0. The average Bonchev–Trinajstić information content (AvgIpc) is 3.12. The molecule has 1 aromatic carbocycles. The highest BCUT2D eigenvalue weighted by Crippen LogP contribution is 2.27. The molecule has 1 N–H and O–H groups in total. The van der Waals surface area contributed by atoms with Gasteiger partial charge in [-0.15, -0.1) is 0 Å². The van der Waals surface area contributed by atoms with Crippen LogP contribution >= 0.6 is 0 Å². The van der Waals surface area contributed by atoms with Gasteiger partial charge in [-0.05, 0) is 74.7 Å². The van der Waals surface area contributed by atoms with E-state index >= 15 is 0 Å². The van der Waals surface area contributed by atoms with Crippen molar-refractivity contribution in [2.24, 2.45) is 0 Å². The summed E-state index contributed by atoms with van der Waals surface area (Å²) in [5.41, 5.74) is 4.68. The number of benzene rings is 1. The molecular formula is C18H26N2. The molecule has 0 amide bonds. The van der Waals surface area contributed by atoms with Crippen molar-refractivity contribution >= 4 is 0 Å². The van der Waals surface area contributed by atoms with Gasteiger partial charge in [0.05, 0.1) is 0 Å². The van der Waals surface area contributed by atoms with E-state index in [4.69, 9.17) is 0 Å². The summed E-state index contributed by atoms with van der Waals surface area (Å²) in [6.07, 6.45) is 9.49. The van der Waals surface area contributed by atoms with Crippen molar-refractivity contribution in [3.8, 4) is 0 Å². The number of rotatable bonds is 3. The number of nitrogens with one attached hydrogen (secondary N) is 1. The van der Waals surface area contributed by atoms with Crippen molar-refractivity contribution in [2.45, 2.75) is 63.6 Å². The Morgan fingerprint density at radius 3 is 3.00 bits per heavy atom. The van der Waals surface area contributed by atoms with Crippen molar-refractivity contribution in [1.29, 1.82) is 0 Å². The summed E-state index contributed by atoms with van der Waals surface area (Å²) in [4.78, 5) is 2.70. The zero-order chi connectivity index (χ0) is 13.4. The number of piperidine rings is 1. The van der Waals surface area contributed by atoms with E-state index in [2.05, 4.69) is 28.4 Å². The van der Waals surface area contributed by atoms with Gasteiger partial charge in [-0.2, -0.15) is 0 Å². The van der Waals surface area contributed by atoms with Crippen LogP contribution in [0.4, 0.5) is 0 Å². The van der Waals surface area contributed by atoms with Crippen molar-refractivity contribution in [1.82, 2.24) is 10.2 Å². The standard InChI is InChI=1S/C18H26N2/c1-3-15-7-6-14(11-16(15)4-1)13-19-17-8-10-20-9-2-5-18(20)12-17/h6-7,11,17-19H,1-5,8-10,12-13H2. The summed E-state index contributed by atoms with van der Waals surface area (Å²) < 4.78 is 0. The monoisotopic (exact) mass is 270 g/mol. The van der Waals surface area contributed by atoms with E-state index in [0.29, 0.717) is 0 Å². The van der Waals surface area contributed by atoms with Crippen LogP contribution in [-0.2, 0) is 19.4 Å². The van der Waals surface area contributed by atoms with Gasteiger partial charge in [0.2, 0.25) is 0 Å². The highest BCUT2D eigenvalue weighted by Gasteiger charge is 2.31. The summed E-state index contributed by atoms with van der Waals surface area (Å²) in [5.74, 6) is 0. The van der Waals surface area contributed by atoms with Gasteiger partial charge in [0, 0.05) is 18.6 Å². The van der Waals surface area contributed by atoms with Gasteiger partial charge in [-0.3, -0.25) is 0 Å². The normalized spacial score (nSPS) is 29.4. The first-order chi connectivity index (χ1) is 9.88. The Morgan fingerprint density at radius 2 is 2.00 bits per heavy atom. The SMILES string of the molecule is c1cc2c(cc1CNC1CCN3CCCC3C1)CCC2. The average molecular weight is 270 g/mol. The summed E-state index contributed by atoms with van der Waals surface area (Å²) in [6, 6.07) is 8.75. The first kappa shape index (κ1) is 12.8. The Labute approximate surface area is 122 Å². The second kappa shape index (κ2) is 5.50. The molecule has 3 aliphatic rings. The van der Waals surface area contributed by atoms with E-state index in [1.165, 1.54) is 63.6 Å². The fraction of sp³-hybridized carbons (Fsp3) is 0.667. The molecule has 0 aromatic heterocycles. The van der Waals surface area contributed by atoms with Gasteiger partial charge in [0.1, 0.15) is 0 Å². The number of nitrogens with zero attached hydrogens (tertiary/aromatic N) is 1. The predicted molar refractivity (Wildman–Crippen MR) is 82.9 cm³/mol. The molecule has 2 atom stereocenters. The third-order valence-corrected chi connectivity index (χ3v) is 5.58. The maximum Gasteiger partial charge on any atom is 0.0208 e. The first-order valence-electron chi connectivity index (χ1n) is 8.46. The van der Waals surface area contributed by atoms with Crippen LogP contribution in [0.2, 0.25) is 0 Å². The molecule has 2 fully saturated rings. The Morgan fingerprint density at radius 1 is 1.05 bits per heavy atom. The summed E-state index contributed by atoms with van der Waals surface area (Å²) >= 11 is 0. The predicted octanol–water partition coefficient (Wildman–Crippen LogP) is 2.89. The minimum absolute atomic E-state index is 0.739. The van der Waals surface area contributed by atoms with Crippen molar-refractivity contribution in [2.75, 3.05) is 13.1 Å². The minimum Gasteiger partial charge on any atom is -0.310 e. The lowest BCUT2D eigenvalue weighted by Crippen LogP contribution is -2.45. The Bertz CT molecular complexity index is 482. The van der Waals surface area contributed by atoms with Gasteiger partial charge >= 0.3 is 0 Å². The van der Waals surface area contributed by atoms with Gasteiger partial charge in [0.15, 0.2) is 0 Å². The summed E-state index contributed by atoms with van der Waals surface area (Å²) in [5, 5.41) is 3.82. The molecule has 20 heavy (non-hydrogen) atoms. The van der Waals surface area contributed by atoms with Crippen LogP contribution in [0.15, 0.2) is 18.2 Å². The second-order valence-electron chi connectivity index (χ2n) is 6.89. The smallest absolute Gasteiger partial charge is 0.0208 e. The number of hydrogen-bond donors (Lipinski definition) is 1. The van der Waals surface area contributed by atoms with E-state index in [9.17, 15) is 0 Å². The molecule has 4 rings (SSSR count). The molecule has 0 bridgehead atoms. The number of hydrogen-bond acceptors (Lipinski definition) is 2. The van der Waals surface area contributed by atoms with Crippen LogP contribution in [0.5, 0.6) is 0 Å². The van der Waals surface area contributed by atoms with Gasteiger partial charge in [0.25, 0.3) is 0 Å². The van der Waals surface area contributed by atoms with Crippen LogP contribution in [0.1, 0.15) is 48.8 Å². The lowest BCUT2D eigenvalue weighted by atomic mass is 9.97. The molecule has 2 heteroatoms. The Balaban J connectivity index is 1.34. The zero-order valence-electron chi connectivity index (χ0n) is 12.4. The fourth-order valence-electron chi connectivity index (χ4n) is 4.41.